The van der Waals surface area contributed by atoms with Crippen molar-refractivity contribution in [1.29, 1.82) is 0 Å². The standard InChI is InChI=1S/C22H21N3O3/c1-3-21(26)24-17-11-8-15(9-12-17)22(27)25-23-14-16-10-13-20(28-2)19-7-5-4-6-18(16)19/h4-14H,3H2,1-2H3,(H,24,26)(H,25,27). The summed E-state index contributed by atoms with van der Waals surface area (Å²) in [6.45, 7) is 1.78. The fourth-order valence-electron chi connectivity index (χ4n) is 2.76. The van der Waals surface area contributed by atoms with Gasteiger partial charge < -0.3 is 10.1 Å². The lowest BCUT2D eigenvalue weighted by Gasteiger charge is -2.07. The van der Waals surface area contributed by atoms with Crippen LogP contribution in [-0.4, -0.2) is 25.1 Å². The van der Waals surface area contributed by atoms with Crippen LogP contribution in [0.1, 0.15) is 29.3 Å². The summed E-state index contributed by atoms with van der Waals surface area (Å²) in [5.41, 5.74) is 4.49. The van der Waals surface area contributed by atoms with Gasteiger partial charge in [0.05, 0.1) is 13.3 Å². The molecule has 0 radical (unpaired) electrons. The highest BCUT2D eigenvalue weighted by Crippen LogP contribution is 2.27. The van der Waals surface area contributed by atoms with Gasteiger partial charge in [-0.05, 0) is 41.8 Å². The van der Waals surface area contributed by atoms with Crippen LogP contribution in [0.5, 0.6) is 5.75 Å². The first-order valence-corrected chi connectivity index (χ1v) is 8.91. The van der Waals surface area contributed by atoms with E-state index < -0.39 is 0 Å². The van der Waals surface area contributed by atoms with Crippen LogP contribution < -0.4 is 15.5 Å². The van der Waals surface area contributed by atoms with Crippen molar-refractivity contribution in [2.24, 2.45) is 5.10 Å². The summed E-state index contributed by atoms with van der Waals surface area (Å²) in [7, 11) is 1.63. The smallest absolute Gasteiger partial charge is 0.271 e. The molecule has 28 heavy (non-hydrogen) atoms. The molecule has 0 fully saturated rings. The van der Waals surface area contributed by atoms with Crippen molar-refractivity contribution in [1.82, 2.24) is 5.43 Å². The molecule has 6 heteroatoms. The number of hydrazone groups is 1. The van der Waals surface area contributed by atoms with Crippen LogP contribution in [-0.2, 0) is 4.79 Å². The summed E-state index contributed by atoms with van der Waals surface area (Å²) in [4.78, 5) is 23.6. The van der Waals surface area contributed by atoms with E-state index in [-0.39, 0.29) is 11.8 Å². The average molecular weight is 375 g/mol. The van der Waals surface area contributed by atoms with Gasteiger partial charge >= 0.3 is 0 Å². The topological polar surface area (TPSA) is 79.8 Å². The van der Waals surface area contributed by atoms with E-state index in [0.29, 0.717) is 17.7 Å². The number of ether oxygens (including phenoxy) is 1. The molecule has 0 aliphatic rings. The molecular formula is C22H21N3O3. The normalized spacial score (nSPS) is 10.8. The van der Waals surface area contributed by atoms with Crippen molar-refractivity contribution in [3.63, 3.8) is 0 Å². The molecule has 0 saturated heterocycles. The molecule has 0 aliphatic heterocycles. The van der Waals surface area contributed by atoms with Crippen molar-refractivity contribution in [3.05, 3.63) is 71.8 Å². The number of anilines is 1. The minimum absolute atomic E-state index is 0.0754. The van der Waals surface area contributed by atoms with Gasteiger partial charge in [-0.25, -0.2) is 5.43 Å². The molecule has 3 aromatic rings. The number of methoxy groups -OCH3 is 1. The minimum atomic E-state index is -0.331. The summed E-state index contributed by atoms with van der Waals surface area (Å²) in [6.07, 6.45) is 2.01. The number of carbonyl (C=O) groups is 2. The lowest BCUT2D eigenvalue weighted by molar-refractivity contribution is -0.115. The third kappa shape index (κ3) is 4.35. The van der Waals surface area contributed by atoms with Crippen LogP contribution in [0, 0.1) is 0 Å². The molecule has 2 N–H and O–H groups in total. The largest absolute Gasteiger partial charge is 0.496 e. The predicted octanol–water partition coefficient (Wildman–Crippen LogP) is 3.96. The zero-order chi connectivity index (χ0) is 19.9. The molecular weight excluding hydrogens is 354 g/mol. The molecule has 0 aromatic heterocycles. The fraction of sp³-hybridized carbons (Fsp3) is 0.136. The van der Waals surface area contributed by atoms with E-state index in [2.05, 4.69) is 15.8 Å². The lowest BCUT2D eigenvalue weighted by Crippen LogP contribution is -2.17. The number of hydrogen-bond acceptors (Lipinski definition) is 4. The van der Waals surface area contributed by atoms with E-state index in [0.717, 1.165) is 22.1 Å². The van der Waals surface area contributed by atoms with Gasteiger partial charge in [-0.15, -0.1) is 0 Å². The predicted molar refractivity (Wildman–Crippen MR) is 111 cm³/mol. The number of amides is 2. The van der Waals surface area contributed by atoms with Gasteiger partial charge in [0.1, 0.15) is 5.75 Å². The molecule has 6 nitrogen and oxygen atoms in total. The second-order valence-corrected chi connectivity index (χ2v) is 6.08. The first kappa shape index (κ1) is 19.1. The molecule has 0 heterocycles. The van der Waals surface area contributed by atoms with Crippen LogP contribution in [0.3, 0.4) is 0 Å². The number of fused-ring (bicyclic) bond motifs is 1. The van der Waals surface area contributed by atoms with Gasteiger partial charge in [-0.3, -0.25) is 9.59 Å². The second kappa shape index (κ2) is 8.81. The van der Waals surface area contributed by atoms with Crippen molar-refractivity contribution < 1.29 is 14.3 Å². The maximum atomic E-state index is 12.3. The second-order valence-electron chi connectivity index (χ2n) is 6.08. The highest BCUT2D eigenvalue weighted by molar-refractivity contribution is 6.03. The van der Waals surface area contributed by atoms with Gasteiger partial charge in [0.2, 0.25) is 5.91 Å². The third-order valence-electron chi connectivity index (χ3n) is 4.26. The van der Waals surface area contributed by atoms with Gasteiger partial charge in [-0.1, -0.05) is 31.2 Å². The molecule has 0 atom stereocenters. The van der Waals surface area contributed by atoms with E-state index in [1.807, 2.05) is 36.4 Å². The van der Waals surface area contributed by atoms with Crippen LogP contribution in [0.2, 0.25) is 0 Å². The highest BCUT2D eigenvalue weighted by atomic mass is 16.5. The number of nitrogens with one attached hydrogen (secondary N) is 2. The van der Waals surface area contributed by atoms with Crippen molar-refractivity contribution in [3.8, 4) is 5.75 Å². The Balaban J connectivity index is 1.70. The number of benzene rings is 3. The third-order valence-corrected chi connectivity index (χ3v) is 4.26. The molecule has 3 aromatic carbocycles. The zero-order valence-corrected chi connectivity index (χ0v) is 15.7. The molecule has 3 rings (SSSR count). The summed E-state index contributed by atoms with van der Waals surface area (Å²) in [5.74, 6) is 0.378. The van der Waals surface area contributed by atoms with E-state index in [1.54, 1.807) is 44.5 Å². The maximum absolute atomic E-state index is 12.3. The van der Waals surface area contributed by atoms with E-state index in [4.69, 9.17) is 4.74 Å². The molecule has 0 bridgehead atoms. The Morgan fingerprint density at radius 2 is 1.71 bits per heavy atom. The van der Waals surface area contributed by atoms with Gasteiger partial charge in [0.25, 0.3) is 5.91 Å². The van der Waals surface area contributed by atoms with Crippen molar-refractivity contribution >= 4 is 34.5 Å². The minimum Gasteiger partial charge on any atom is -0.496 e. The molecule has 142 valence electrons. The quantitative estimate of drug-likeness (QED) is 0.505. The average Bonchev–Trinajstić information content (AvgIpc) is 2.74. The van der Waals surface area contributed by atoms with Crippen molar-refractivity contribution in [2.75, 3.05) is 12.4 Å². The Hall–Kier alpha value is -3.67. The Labute approximate surface area is 163 Å². The summed E-state index contributed by atoms with van der Waals surface area (Å²) < 4.78 is 5.38. The van der Waals surface area contributed by atoms with Crippen molar-refractivity contribution in [2.45, 2.75) is 13.3 Å². The number of rotatable bonds is 6. The Morgan fingerprint density at radius 3 is 2.39 bits per heavy atom. The molecule has 0 unspecified atom stereocenters. The first-order chi connectivity index (χ1) is 13.6. The van der Waals surface area contributed by atoms with Gasteiger partial charge in [0.15, 0.2) is 0 Å². The molecule has 0 spiro atoms. The monoisotopic (exact) mass is 375 g/mol. The van der Waals surface area contributed by atoms with Crippen LogP contribution in [0.15, 0.2) is 65.8 Å². The highest BCUT2D eigenvalue weighted by Gasteiger charge is 2.07. The summed E-state index contributed by atoms with van der Waals surface area (Å²) >= 11 is 0. The zero-order valence-electron chi connectivity index (χ0n) is 15.7. The van der Waals surface area contributed by atoms with E-state index in [1.165, 1.54) is 0 Å². The number of nitrogens with zero attached hydrogens (tertiary/aromatic N) is 1. The summed E-state index contributed by atoms with van der Waals surface area (Å²) in [6, 6.07) is 18.2. The molecule has 2 amide bonds. The van der Waals surface area contributed by atoms with E-state index >= 15 is 0 Å². The van der Waals surface area contributed by atoms with Crippen LogP contribution >= 0.6 is 0 Å². The fourth-order valence-corrected chi connectivity index (χ4v) is 2.76. The first-order valence-electron chi connectivity index (χ1n) is 8.91. The van der Waals surface area contributed by atoms with Gasteiger partial charge in [-0.2, -0.15) is 5.10 Å². The number of hydrogen-bond donors (Lipinski definition) is 2. The Morgan fingerprint density at radius 1 is 1.00 bits per heavy atom. The number of carbonyl (C=O) groups excluding carboxylic acids is 2. The summed E-state index contributed by atoms with van der Waals surface area (Å²) in [5, 5.41) is 8.77. The van der Waals surface area contributed by atoms with Crippen LogP contribution in [0.25, 0.3) is 10.8 Å². The Kier molecular flexibility index (Phi) is 6.01. The molecule has 0 saturated carbocycles. The van der Waals surface area contributed by atoms with Gasteiger partial charge in [0, 0.05) is 28.6 Å². The SMILES string of the molecule is CCC(=O)Nc1ccc(C(=O)NN=Cc2ccc(OC)c3ccccc23)cc1. The van der Waals surface area contributed by atoms with E-state index in [9.17, 15) is 9.59 Å². The molecule has 0 aliphatic carbocycles. The maximum Gasteiger partial charge on any atom is 0.271 e. The Bertz CT molecular complexity index is 1030. The van der Waals surface area contributed by atoms with Crippen LogP contribution in [0.4, 0.5) is 5.69 Å². The lowest BCUT2D eigenvalue weighted by atomic mass is 10.0.